The van der Waals surface area contributed by atoms with Crippen molar-refractivity contribution in [2.24, 2.45) is 0 Å². The van der Waals surface area contributed by atoms with E-state index in [9.17, 15) is 4.79 Å². The highest BCUT2D eigenvalue weighted by Crippen LogP contribution is 2.22. The van der Waals surface area contributed by atoms with E-state index < -0.39 is 0 Å². The van der Waals surface area contributed by atoms with Gasteiger partial charge in [0.15, 0.2) is 0 Å². The van der Waals surface area contributed by atoms with Crippen LogP contribution in [0.5, 0.6) is 0 Å². The van der Waals surface area contributed by atoms with Crippen molar-refractivity contribution in [3.63, 3.8) is 0 Å². The summed E-state index contributed by atoms with van der Waals surface area (Å²) in [4.78, 5) is 12.5. The van der Waals surface area contributed by atoms with Gasteiger partial charge in [-0.05, 0) is 45.4 Å². The van der Waals surface area contributed by atoms with E-state index in [2.05, 4.69) is 15.5 Å². The monoisotopic (exact) mass is 405 g/mol. The lowest BCUT2D eigenvalue weighted by Crippen LogP contribution is -2.21. The predicted octanol–water partition coefficient (Wildman–Crippen LogP) is 4.31. The number of aryl methyl sites for hydroxylation is 2. The van der Waals surface area contributed by atoms with Crippen molar-refractivity contribution in [1.29, 1.82) is 0 Å². The van der Waals surface area contributed by atoms with Gasteiger partial charge in [-0.25, -0.2) is 0 Å². The number of amides is 1. The highest BCUT2D eigenvalue weighted by Gasteiger charge is 2.17. The molecule has 27 heavy (non-hydrogen) atoms. The largest absolute Gasteiger partial charge is 0.321 e. The Morgan fingerprint density at radius 2 is 1.59 bits per heavy atom. The van der Waals surface area contributed by atoms with E-state index in [1.54, 1.807) is 4.68 Å². The van der Waals surface area contributed by atoms with Crippen LogP contribution in [0, 0.1) is 27.7 Å². The predicted molar refractivity (Wildman–Crippen MR) is 108 cm³/mol. The lowest BCUT2D eigenvalue weighted by atomic mass is 10.2. The highest BCUT2D eigenvalue weighted by molar-refractivity contribution is 6.31. The molecule has 3 aromatic rings. The van der Waals surface area contributed by atoms with Crippen molar-refractivity contribution in [3.05, 3.63) is 62.6 Å². The summed E-state index contributed by atoms with van der Waals surface area (Å²) in [6, 6.07) is 7.63. The van der Waals surface area contributed by atoms with E-state index in [1.165, 1.54) is 0 Å². The van der Waals surface area contributed by atoms with Gasteiger partial charge in [0, 0.05) is 5.02 Å². The molecular weight excluding hydrogens is 385 g/mol. The SMILES string of the molecule is Cc1nn(CC(=O)Nc2c(C)nn(Cc3ccc(Cl)cc3)c2C)c(C)c1Cl. The van der Waals surface area contributed by atoms with Gasteiger partial charge in [-0.3, -0.25) is 14.2 Å². The van der Waals surface area contributed by atoms with Crippen molar-refractivity contribution in [2.45, 2.75) is 40.8 Å². The summed E-state index contributed by atoms with van der Waals surface area (Å²) in [5.74, 6) is -0.172. The third-order valence-electron chi connectivity index (χ3n) is 4.48. The van der Waals surface area contributed by atoms with Gasteiger partial charge in [0.05, 0.1) is 40.0 Å². The summed E-state index contributed by atoms with van der Waals surface area (Å²) < 4.78 is 3.48. The number of rotatable bonds is 5. The van der Waals surface area contributed by atoms with Crippen molar-refractivity contribution in [2.75, 3.05) is 5.32 Å². The third kappa shape index (κ3) is 4.17. The summed E-state index contributed by atoms with van der Waals surface area (Å²) in [5.41, 5.74) is 4.95. The molecule has 1 N–H and O–H groups in total. The maximum Gasteiger partial charge on any atom is 0.246 e. The molecule has 6 nitrogen and oxygen atoms in total. The molecule has 3 rings (SSSR count). The molecule has 0 aliphatic heterocycles. The van der Waals surface area contributed by atoms with Crippen LogP contribution in [-0.4, -0.2) is 25.5 Å². The van der Waals surface area contributed by atoms with E-state index in [1.807, 2.05) is 56.6 Å². The Hall–Kier alpha value is -2.31. The molecule has 0 bridgehead atoms. The zero-order chi connectivity index (χ0) is 19.7. The quantitative estimate of drug-likeness (QED) is 0.687. The second kappa shape index (κ2) is 7.74. The van der Waals surface area contributed by atoms with Gasteiger partial charge in [0.1, 0.15) is 6.54 Å². The molecule has 0 radical (unpaired) electrons. The molecule has 0 unspecified atom stereocenters. The van der Waals surface area contributed by atoms with E-state index in [0.717, 1.165) is 28.3 Å². The van der Waals surface area contributed by atoms with Gasteiger partial charge in [0.25, 0.3) is 0 Å². The first kappa shape index (κ1) is 19.5. The Kier molecular flexibility index (Phi) is 5.58. The molecule has 0 spiro atoms. The summed E-state index contributed by atoms with van der Waals surface area (Å²) in [6.45, 7) is 8.18. The Balaban J connectivity index is 1.75. The average molecular weight is 406 g/mol. The fourth-order valence-electron chi connectivity index (χ4n) is 2.94. The van der Waals surface area contributed by atoms with Crippen molar-refractivity contribution >= 4 is 34.8 Å². The Morgan fingerprint density at radius 1 is 0.963 bits per heavy atom. The minimum atomic E-state index is -0.172. The molecule has 0 saturated heterocycles. The lowest BCUT2D eigenvalue weighted by molar-refractivity contribution is -0.116. The zero-order valence-corrected chi connectivity index (χ0v) is 17.2. The molecule has 0 atom stereocenters. The van der Waals surface area contributed by atoms with Crippen LogP contribution in [0.1, 0.15) is 28.3 Å². The first-order valence-corrected chi connectivity index (χ1v) is 9.29. The summed E-state index contributed by atoms with van der Waals surface area (Å²) in [6.07, 6.45) is 0. The number of benzene rings is 1. The smallest absolute Gasteiger partial charge is 0.246 e. The van der Waals surface area contributed by atoms with Crippen LogP contribution in [0.15, 0.2) is 24.3 Å². The lowest BCUT2D eigenvalue weighted by Gasteiger charge is -2.08. The minimum absolute atomic E-state index is 0.0979. The normalized spacial score (nSPS) is 11.0. The van der Waals surface area contributed by atoms with Crippen molar-refractivity contribution < 1.29 is 4.79 Å². The number of hydrogen-bond acceptors (Lipinski definition) is 3. The Morgan fingerprint density at radius 3 is 2.19 bits per heavy atom. The summed E-state index contributed by atoms with van der Waals surface area (Å²) >= 11 is 12.1. The molecule has 2 heterocycles. The molecule has 1 amide bonds. The fraction of sp³-hybridized carbons (Fsp3) is 0.316. The second-order valence-electron chi connectivity index (χ2n) is 6.52. The standard InChI is InChI=1S/C19H21Cl2N5O/c1-11-18(21)13(3)26(23-11)10-17(27)22-19-12(2)24-25(14(19)4)9-15-5-7-16(20)8-6-15/h5-8H,9-10H2,1-4H3,(H,22,27). The minimum Gasteiger partial charge on any atom is -0.321 e. The molecule has 142 valence electrons. The first-order chi connectivity index (χ1) is 12.8. The van der Waals surface area contributed by atoms with Crippen molar-refractivity contribution in [3.8, 4) is 0 Å². The average Bonchev–Trinajstić information content (AvgIpc) is 3.01. The number of carbonyl (C=O) groups is 1. The molecule has 8 heteroatoms. The molecule has 0 fully saturated rings. The molecule has 1 aromatic carbocycles. The van der Waals surface area contributed by atoms with Crippen LogP contribution < -0.4 is 5.32 Å². The Bertz CT molecular complexity index is 989. The first-order valence-electron chi connectivity index (χ1n) is 8.54. The Labute approximate surface area is 168 Å². The van der Waals surface area contributed by atoms with E-state index in [-0.39, 0.29) is 12.5 Å². The van der Waals surface area contributed by atoms with Crippen molar-refractivity contribution in [1.82, 2.24) is 19.6 Å². The van der Waals surface area contributed by atoms with Gasteiger partial charge in [-0.1, -0.05) is 35.3 Å². The van der Waals surface area contributed by atoms with Gasteiger partial charge in [-0.15, -0.1) is 0 Å². The fourth-order valence-corrected chi connectivity index (χ4v) is 3.20. The zero-order valence-electron chi connectivity index (χ0n) is 15.7. The summed E-state index contributed by atoms with van der Waals surface area (Å²) in [5, 5.41) is 13.1. The van der Waals surface area contributed by atoms with Gasteiger partial charge < -0.3 is 5.32 Å². The maximum atomic E-state index is 12.5. The topological polar surface area (TPSA) is 64.7 Å². The van der Waals surface area contributed by atoms with Gasteiger partial charge in [-0.2, -0.15) is 10.2 Å². The number of nitrogens with zero attached hydrogens (tertiary/aromatic N) is 4. The molecule has 0 saturated carbocycles. The van der Waals surface area contributed by atoms with Crippen LogP contribution in [-0.2, 0) is 17.9 Å². The van der Waals surface area contributed by atoms with E-state index >= 15 is 0 Å². The van der Waals surface area contributed by atoms with Gasteiger partial charge in [0.2, 0.25) is 5.91 Å². The number of halogens is 2. The number of anilines is 1. The van der Waals surface area contributed by atoms with Crippen LogP contribution in [0.25, 0.3) is 0 Å². The maximum absolute atomic E-state index is 12.5. The summed E-state index contributed by atoms with van der Waals surface area (Å²) in [7, 11) is 0. The van der Waals surface area contributed by atoms with Crippen LogP contribution >= 0.6 is 23.2 Å². The van der Waals surface area contributed by atoms with E-state index in [0.29, 0.717) is 22.3 Å². The number of nitrogens with one attached hydrogen (secondary N) is 1. The van der Waals surface area contributed by atoms with Gasteiger partial charge >= 0.3 is 0 Å². The van der Waals surface area contributed by atoms with Crippen LogP contribution in [0.2, 0.25) is 10.0 Å². The second-order valence-corrected chi connectivity index (χ2v) is 7.33. The van der Waals surface area contributed by atoms with Crippen LogP contribution in [0.3, 0.4) is 0 Å². The highest BCUT2D eigenvalue weighted by atomic mass is 35.5. The molecule has 0 aliphatic rings. The number of aromatic nitrogens is 4. The third-order valence-corrected chi connectivity index (χ3v) is 5.28. The number of carbonyl (C=O) groups excluding carboxylic acids is 1. The van der Waals surface area contributed by atoms with E-state index in [4.69, 9.17) is 23.2 Å². The molecule has 2 aromatic heterocycles. The van der Waals surface area contributed by atoms with Crippen LogP contribution in [0.4, 0.5) is 5.69 Å². The molecular formula is C19H21Cl2N5O. The number of hydrogen-bond donors (Lipinski definition) is 1. The molecule has 0 aliphatic carbocycles.